The molecule has 0 saturated heterocycles. The molecule has 0 radical (unpaired) electrons. The average Bonchev–Trinajstić information content (AvgIpc) is 2.90. The number of anilines is 1. The van der Waals surface area contributed by atoms with Gasteiger partial charge in [-0.15, -0.1) is 0 Å². The molecule has 1 aliphatic heterocycles. The fraction of sp³-hybridized carbons (Fsp3) is 0.562. The molecular weight excluding hydrogens is 252 g/mol. The second-order valence-corrected chi connectivity index (χ2v) is 5.93. The number of nitrogens with one attached hydrogen (secondary N) is 1. The van der Waals surface area contributed by atoms with E-state index < -0.39 is 0 Å². The minimum atomic E-state index is -0.374. The normalized spacial score (nSPS) is 28.6. The molecule has 20 heavy (non-hydrogen) atoms. The number of fused-ring (bicyclic) bond motifs is 1. The van der Waals surface area contributed by atoms with Gasteiger partial charge >= 0.3 is 0 Å². The summed E-state index contributed by atoms with van der Waals surface area (Å²) in [5, 5.41) is 13.4. The molecule has 0 spiro atoms. The van der Waals surface area contributed by atoms with Crippen LogP contribution in [-0.4, -0.2) is 41.1 Å². The van der Waals surface area contributed by atoms with Gasteiger partial charge in [-0.1, -0.05) is 31.0 Å². The van der Waals surface area contributed by atoms with Crippen molar-refractivity contribution in [2.75, 3.05) is 12.4 Å². The number of amides is 1. The van der Waals surface area contributed by atoms with Crippen molar-refractivity contribution in [1.82, 2.24) is 4.90 Å². The third kappa shape index (κ3) is 2.40. The summed E-state index contributed by atoms with van der Waals surface area (Å²) in [6.45, 7) is 0. The van der Waals surface area contributed by atoms with Gasteiger partial charge in [0.1, 0.15) is 6.04 Å². The van der Waals surface area contributed by atoms with Crippen molar-refractivity contribution in [1.29, 1.82) is 0 Å². The molecule has 1 aliphatic carbocycles. The molecule has 1 amide bonds. The summed E-state index contributed by atoms with van der Waals surface area (Å²) in [5.41, 5.74) is 2.26. The van der Waals surface area contributed by atoms with E-state index in [2.05, 4.69) is 11.4 Å². The lowest BCUT2D eigenvalue weighted by Gasteiger charge is -2.36. The predicted molar refractivity (Wildman–Crippen MR) is 78.6 cm³/mol. The molecule has 4 nitrogen and oxygen atoms in total. The first-order chi connectivity index (χ1) is 9.66. The zero-order valence-corrected chi connectivity index (χ0v) is 11.9. The van der Waals surface area contributed by atoms with Crippen molar-refractivity contribution in [3.05, 3.63) is 29.8 Å². The third-order valence-corrected chi connectivity index (χ3v) is 4.61. The van der Waals surface area contributed by atoms with Gasteiger partial charge in [-0.2, -0.15) is 0 Å². The van der Waals surface area contributed by atoms with Crippen molar-refractivity contribution in [2.24, 2.45) is 0 Å². The molecule has 4 heteroatoms. The Hall–Kier alpha value is -1.55. The van der Waals surface area contributed by atoms with Crippen LogP contribution in [0.5, 0.6) is 0 Å². The van der Waals surface area contributed by atoms with Gasteiger partial charge in [-0.3, -0.25) is 4.79 Å². The van der Waals surface area contributed by atoms with E-state index in [4.69, 9.17) is 0 Å². The van der Waals surface area contributed by atoms with Gasteiger partial charge in [0, 0.05) is 19.2 Å². The van der Waals surface area contributed by atoms with Crippen molar-refractivity contribution in [2.45, 2.75) is 50.3 Å². The maximum Gasteiger partial charge on any atom is 0.245 e. The Bertz CT molecular complexity index is 478. The minimum Gasteiger partial charge on any atom is -0.391 e. The van der Waals surface area contributed by atoms with Crippen molar-refractivity contribution in [3.63, 3.8) is 0 Å². The maximum absolute atomic E-state index is 12.6. The van der Waals surface area contributed by atoms with Crippen LogP contribution in [0.2, 0.25) is 0 Å². The van der Waals surface area contributed by atoms with E-state index >= 15 is 0 Å². The third-order valence-electron chi connectivity index (χ3n) is 4.61. The van der Waals surface area contributed by atoms with E-state index in [0.717, 1.165) is 37.8 Å². The molecule has 1 fully saturated rings. The Labute approximate surface area is 119 Å². The first-order valence-electron chi connectivity index (χ1n) is 7.46. The van der Waals surface area contributed by atoms with Crippen LogP contribution in [0.4, 0.5) is 5.69 Å². The van der Waals surface area contributed by atoms with Crippen LogP contribution in [0.1, 0.15) is 31.2 Å². The summed E-state index contributed by atoms with van der Waals surface area (Å²) >= 11 is 0. The van der Waals surface area contributed by atoms with E-state index in [-0.39, 0.29) is 24.1 Å². The van der Waals surface area contributed by atoms with Crippen LogP contribution in [0, 0.1) is 0 Å². The fourth-order valence-electron chi connectivity index (χ4n) is 3.40. The monoisotopic (exact) mass is 274 g/mol. The van der Waals surface area contributed by atoms with Crippen LogP contribution in [0.15, 0.2) is 24.3 Å². The predicted octanol–water partition coefficient (Wildman–Crippen LogP) is 1.79. The summed E-state index contributed by atoms with van der Waals surface area (Å²) in [4.78, 5) is 14.4. The Morgan fingerprint density at radius 1 is 1.30 bits per heavy atom. The maximum atomic E-state index is 12.6. The number of carbonyl (C=O) groups is 1. The van der Waals surface area contributed by atoms with E-state index in [0.29, 0.717) is 0 Å². The van der Waals surface area contributed by atoms with Gasteiger partial charge in [-0.05, 0) is 24.5 Å². The molecule has 0 bridgehead atoms. The number of aliphatic hydroxyl groups is 1. The Morgan fingerprint density at radius 3 is 2.80 bits per heavy atom. The van der Waals surface area contributed by atoms with Crippen LogP contribution in [-0.2, 0) is 11.2 Å². The van der Waals surface area contributed by atoms with E-state index in [1.165, 1.54) is 5.56 Å². The second-order valence-electron chi connectivity index (χ2n) is 5.93. The van der Waals surface area contributed by atoms with Crippen molar-refractivity contribution < 1.29 is 9.90 Å². The smallest absolute Gasteiger partial charge is 0.245 e. The first kappa shape index (κ1) is 13.4. The van der Waals surface area contributed by atoms with E-state index in [1.54, 1.807) is 4.90 Å². The summed E-state index contributed by atoms with van der Waals surface area (Å²) < 4.78 is 0. The zero-order valence-electron chi connectivity index (χ0n) is 11.9. The number of likely N-dealkylation sites (N-methyl/N-ethyl adjacent to an activating group) is 1. The molecule has 3 unspecified atom stereocenters. The molecule has 1 saturated carbocycles. The topological polar surface area (TPSA) is 52.6 Å². The number of carbonyl (C=O) groups excluding carboxylic acids is 1. The zero-order chi connectivity index (χ0) is 14.1. The lowest BCUT2D eigenvalue weighted by atomic mass is 9.91. The minimum absolute atomic E-state index is 0.0261. The number of nitrogens with zero attached hydrogens (tertiary/aromatic N) is 1. The first-order valence-corrected chi connectivity index (χ1v) is 7.46. The molecule has 108 valence electrons. The van der Waals surface area contributed by atoms with Gasteiger partial charge in [0.05, 0.1) is 12.1 Å². The van der Waals surface area contributed by atoms with Crippen molar-refractivity contribution >= 4 is 11.6 Å². The summed E-state index contributed by atoms with van der Waals surface area (Å²) in [6.07, 6.45) is 4.23. The van der Waals surface area contributed by atoms with Gasteiger partial charge < -0.3 is 15.3 Å². The molecule has 1 aromatic carbocycles. The van der Waals surface area contributed by atoms with Gasteiger partial charge in [0.25, 0.3) is 0 Å². The number of hydrogen-bond acceptors (Lipinski definition) is 3. The Kier molecular flexibility index (Phi) is 3.66. The molecule has 1 aromatic rings. The standard InChI is InChI=1S/C16H22N2O2/c1-18(14-8-4-5-9-15(14)19)16(20)13-10-11-6-2-3-7-12(11)17-13/h2-3,6-7,13-15,17,19H,4-5,8-10H2,1H3. The summed E-state index contributed by atoms with van der Waals surface area (Å²) in [5.74, 6) is 0.0900. The van der Waals surface area contributed by atoms with E-state index in [9.17, 15) is 9.90 Å². The fourth-order valence-corrected chi connectivity index (χ4v) is 3.40. The highest BCUT2D eigenvalue weighted by Crippen LogP contribution is 2.28. The van der Waals surface area contributed by atoms with Gasteiger partial charge in [0.15, 0.2) is 0 Å². The molecule has 0 aromatic heterocycles. The van der Waals surface area contributed by atoms with Crippen LogP contribution in [0.3, 0.4) is 0 Å². The summed E-state index contributed by atoms with van der Waals surface area (Å²) in [6, 6.07) is 7.84. The quantitative estimate of drug-likeness (QED) is 0.864. The molecule has 1 heterocycles. The lowest BCUT2D eigenvalue weighted by molar-refractivity contribution is -0.136. The highest BCUT2D eigenvalue weighted by atomic mass is 16.3. The molecule has 2 aliphatic rings. The van der Waals surface area contributed by atoms with Crippen LogP contribution < -0.4 is 5.32 Å². The number of rotatable bonds is 2. The number of aliphatic hydroxyl groups excluding tert-OH is 1. The number of benzene rings is 1. The highest BCUT2D eigenvalue weighted by molar-refractivity contribution is 5.87. The van der Waals surface area contributed by atoms with Crippen molar-refractivity contribution in [3.8, 4) is 0 Å². The largest absolute Gasteiger partial charge is 0.391 e. The molecule has 3 rings (SSSR count). The van der Waals surface area contributed by atoms with Gasteiger partial charge in [-0.25, -0.2) is 0 Å². The number of hydrogen-bond donors (Lipinski definition) is 2. The lowest BCUT2D eigenvalue weighted by Crippen LogP contribution is -2.50. The second kappa shape index (κ2) is 5.44. The number of para-hydroxylation sites is 1. The Balaban J connectivity index is 1.68. The Morgan fingerprint density at radius 2 is 2.05 bits per heavy atom. The summed E-state index contributed by atoms with van der Waals surface area (Å²) in [7, 11) is 1.83. The molecule has 3 atom stereocenters. The highest BCUT2D eigenvalue weighted by Gasteiger charge is 2.34. The van der Waals surface area contributed by atoms with E-state index in [1.807, 2.05) is 25.2 Å². The average molecular weight is 274 g/mol. The van der Waals surface area contributed by atoms with Crippen LogP contribution in [0.25, 0.3) is 0 Å². The SMILES string of the molecule is CN(C(=O)C1Cc2ccccc2N1)C1CCCCC1O. The van der Waals surface area contributed by atoms with Gasteiger partial charge in [0.2, 0.25) is 5.91 Å². The molecule has 2 N–H and O–H groups in total. The molecular formula is C16H22N2O2. The van der Waals surface area contributed by atoms with Crippen LogP contribution >= 0.6 is 0 Å².